The second-order valence-electron chi connectivity index (χ2n) is 5.56. The van der Waals surface area contributed by atoms with Crippen molar-refractivity contribution in [2.75, 3.05) is 20.3 Å². The molecule has 0 saturated heterocycles. The van der Waals surface area contributed by atoms with E-state index in [0.29, 0.717) is 31.2 Å². The van der Waals surface area contributed by atoms with E-state index in [2.05, 4.69) is 15.2 Å². The number of aromatic nitrogens is 2. The van der Waals surface area contributed by atoms with Crippen LogP contribution in [0.15, 0.2) is 18.3 Å². The number of nitrogens with one attached hydrogen (secondary N) is 1. The van der Waals surface area contributed by atoms with Crippen molar-refractivity contribution in [1.82, 2.24) is 15.1 Å². The van der Waals surface area contributed by atoms with E-state index in [1.165, 1.54) is 7.11 Å². The molecule has 1 aromatic carbocycles. The Morgan fingerprint density at radius 2 is 2.43 bits per heavy atom. The van der Waals surface area contributed by atoms with Gasteiger partial charge >= 0.3 is 6.09 Å². The third kappa shape index (κ3) is 3.16. The molecule has 8 nitrogen and oxygen atoms in total. The number of nitrogens with two attached hydrogens (primary N) is 1. The maximum absolute atomic E-state index is 11.2. The molecule has 23 heavy (non-hydrogen) atoms. The van der Waals surface area contributed by atoms with Crippen LogP contribution in [0.1, 0.15) is 6.92 Å². The molecule has 3 rings (SSSR count). The fourth-order valence-electron chi connectivity index (χ4n) is 2.52. The number of rotatable bonds is 4. The number of alkyl carbamates (subject to hydrolysis) is 1. The summed E-state index contributed by atoms with van der Waals surface area (Å²) in [7, 11) is 1.32. The first-order chi connectivity index (χ1) is 11.1. The number of nitrogens with zero attached hydrogens (tertiary/aromatic N) is 2. The van der Waals surface area contributed by atoms with Crippen LogP contribution in [0.4, 0.5) is 4.79 Å². The summed E-state index contributed by atoms with van der Waals surface area (Å²) in [4.78, 5) is 11.2. The van der Waals surface area contributed by atoms with Gasteiger partial charge in [0.15, 0.2) is 17.6 Å². The van der Waals surface area contributed by atoms with Crippen LogP contribution in [0.2, 0.25) is 0 Å². The first-order valence-corrected chi connectivity index (χ1v) is 7.44. The van der Waals surface area contributed by atoms with E-state index in [4.69, 9.17) is 15.2 Å². The number of hydrogen-bond donors (Lipinski definition) is 2. The standard InChI is InChI=1S/C15H20N4O4/c1-9(16)7-19-13-10(5-18-19)3-4-12-14(13)23-11(8-22-12)6-17-15(20)21-2/h3-5,9,11H,6-8,16H2,1-2H3,(H,17,20)/t9-,11?/m0/s1. The molecule has 124 valence electrons. The summed E-state index contributed by atoms with van der Waals surface area (Å²) in [6, 6.07) is 3.77. The minimum Gasteiger partial charge on any atom is -0.486 e. The second kappa shape index (κ2) is 6.33. The molecule has 0 fully saturated rings. The number of methoxy groups -OCH3 is 1. The zero-order chi connectivity index (χ0) is 16.4. The average molecular weight is 320 g/mol. The SMILES string of the molecule is COC(=O)NCC1COc2ccc3cnn(C[C@H](C)N)c3c2O1. The molecule has 0 spiro atoms. The van der Waals surface area contributed by atoms with Gasteiger partial charge < -0.3 is 25.3 Å². The molecular weight excluding hydrogens is 300 g/mol. The Morgan fingerprint density at radius 1 is 1.61 bits per heavy atom. The molecule has 0 saturated carbocycles. The lowest BCUT2D eigenvalue weighted by Gasteiger charge is -2.27. The monoisotopic (exact) mass is 320 g/mol. The number of carbonyl (C=O) groups excluding carboxylic acids is 1. The van der Waals surface area contributed by atoms with Gasteiger partial charge in [0, 0.05) is 11.4 Å². The molecule has 1 aromatic heterocycles. The highest BCUT2D eigenvalue weighted by atomic mass is 16.6. The van der Waals surface area contributed by atoms with Gasteiger partial charge in [0.05, 0.1) is 26.4 Å². The molecule has 2 heterocycles. The van der Waals surface area contributed by atoms with Gasteiger partial charge in [0.25, 0.3) is 0 Å². The Morgan fingerprint density at radius 3 is 3.17 bits per heavy atom. The fourth-order valence-corrected chi connectivity index (χ4v) is 2.52. The van der Waals surface area contributed by atoms with Crippen LogP contribution in [-0.4, -0.2) is 48.3 Å². The van der Waals surface area contributed by atoms with Crippen molar-refractivity contribution in [2.45, 2.75) is 25.6 Å². The maximum atomic E-state index is 11.2. The molecule has 2 aromatic rings. The molecule has 3 N–H and O–H groups in total. The molecular formula is C15H20N4O4. The van der Waals surface area contributed by atoms with Crippen LogP contribution < -0.4 is 20.5 Å². The summed E-state index contributed by atoms with van der Waals surface area (Å²) < 4.78 is 18.1. The van der Waals surface area contributed by atoms with Crippen LogP contribution in [0, 0.1) is 0 Å². The van der Waals surface area contributed by atoms with Crippen molar-refractivity contribution < 1.29 is 19.0 Å². The number of fused-ring (bicyclic) bond motifs is 3. The van der Waals surface area contributed by atoms with Gasteiger partial charge in [-0.2, -0.15) is 5.10 Å². The van der Waals surface area contributed by atoms with E-state index in [-0.39, 0.29) is 12.1 Å². The van der Waals surface area contributed by atoms with E-state index in [9.17, 15) is 4.79 Å². The lowest BCUT2D eigenvalue weighted by molar-refractivity contribution is 0.0893. The highest BCUT2D eigenvalue weighted by molar-refractivity contribution is 5.87. The van der Waals surface area contributed by atoms with E-state index >= 15 is 0 Å². The number of benzene rings is 1. The summed E-state index contributed by atoms with van der Waals surface area (Å²) in [5.74, 6) is 1.29. The smallest absolute Gasteiger partial charge is 0.406 e. The van der Waals surface area contributed by atoms with Gasteiger partial charge in [-0.25, -0.2) is 4.79 Å². The van der Waals surface area contributed by atoms with Gasteiger partial charge in [0.2, 0.25) is 0 Å². The molecule has 1 amide bonds. The van der Waals surface area contributed by atoms with E-state index in [1.807, 2.05) is 23.7 Å². The van der Waals surface area contributed by atoms with Gasteiger partial charge in [-0.15, -0.1) is 0 Å². The highest BCUT2D eigenvalue weighted by Crippen LogP contribution is 2.38. The lowest BCUT2D eigenvalue weighted by Crippen LogP contribution is -2.40. The van der Waals surface area contributed by atoms with Crippen LogP contribution in [0.5, 0.6) is 11.5 Å². The summed E-state index contributed by atoms with van der Waals surface area (Å²) in [6.45, 7) is 3.14. The van der Waals surface area contributed by atoms with E-state index < -0.39 is 6.09 Å². The van der Waals surface area contributed by atoms with E-state index in [0.717, 1.165) is 10.9 Å². The first kappa shape index (κ1) is 15.4. The third-order valence-corrected chi connectivity index (χ3v) is 3.55. The van der Waals surface area contributed by atoms with Crippen molar-refractivity contribution in [3.05, 3.63) is 18.3 Å². The topological polar surface area (TPSA) is 101 Å². The first-order valence-electron chi connectivity index (χ1n) is 7.44. The molecule has 2 atom stereocenters. The zero-order valence-corrected chi connectivity index (χ0v) is 13.1. The van der Waals surface area contributed by atoms with E-state index in [1.54, 1.807) is 6.20 Å². The molecule has 0 bridgehead atoms. The molecule has 1 unspecified atom stereocenters. The van der Waals surface area contributed by atoms with Crippen molar-refractivity contribution in [3.8, 4) is 11.5 Å². The summed E-state index contributed by atoms with van der Waals surface area (Å²) in [6.07, 6.45) is 0.975. The average Bonchev–Trinajstić information content (AvgIpc) is 2.95. The molecule has 1 aliphatic rings. The normalized spacial score (nSPS) is 17.8. The molecule has 8 heteroatoms. The van der Waals surface area contributed by atoms with Gasteiger partial charge in [0.1, 0.15) is 12.1 Å². The van der Waals surface area contributed by atoms with Crippen molar-refractivity contribution >= 4 is 17.0 Å². The van der Waals surface area contributed by atoms with Crippen molar-refractivity contribution in [3.63, 3.8) is 0 Å². The van der Waals surface area contributed by atoms with Crippen LogP contribution in [0.3, 0.4) is 0 Å². The summed E-state index contributed by atoms with van der Waals surface area (Å²) >= 11 is 0. The number of hydrogen-bond acceptors (Lipinski definition) is 6. The van der Waals surface area contributed by atoms with Gasteiger partial charge in [-0.3, -0.25) is 4.68 Å². The maximum Gasteiger partial charge on any atom is 0.406 e. The summed E-state index contributed by atoms with van der Waals surface area (Å²) in [5.41, 5.74) is 6.73. The second-order valence-corrected chi connectivity index (χ2v) is 5.56. The number of ether oxygens (including phenoxy) is 3. The van der Waals surface area contributed by atoms with Gasteiger partial charge in [-0.05, 0) is 19.1 Å². The quantitative estimate of drug-likeness (QED) is 0.867. The van der Waals surface area contributed by atoms with Crippen LogP contribution in [0.25, 0.3) is 10.9 Å². The fraction of sp³-hybridized carbons (Fsp3) is 0.467. The molecule has 0 aliphatic carbocycles. The lowest BCUT2D eigenvalue weighted by atomic mass is 10.2. The minimum atomic E-state index is -0.500. The zero-order valence-electron chi connectivity index (χ0n) is 13.1. The molecule has 1 aliphatic heterocycles. The summed E-state index contributed by atoms with van der Waals surface area (Å²) in [5, 5.41) is 7.93. The van der Waals surface area contributed by atoms with Gasteiger partial charge in [-0.1, -0.05) is 0 Å². The number of carbonyl (C=O) groups is 1. The predicted octanol–water partition coefficient (Wildman–Crippen LogP) is 0.879. The Labute approximate surface area is 133 Å². The Hall–Kier alpha value is -2.48. The third-order valence-electron chi connectivity index (χ3n) is 3.55. The minimum absolute atomic E-state index is 0.0322. The molecule has 0 radical (unpaired) electrons. The largest absolute Gasteiger partial charge is 0.486 e. The Kier molecular flexibility index (Phi) is 4.24. The van der Waals surface area contributed by atoms with Crippen LogP contribution >= 0.6 is 0 Å². The predicted molar refractivity (Wildman–Crippen MR) is 83.7 cm³/mol. The Balaban J connectivity index is 1.87. The Bertz CT molecular complexity index is 713. The van der Waals surface area contributed by atoms with Crippen LogP contribution in [-0.2, 0) is 11.3 Å². The highest BCUT2D eigenvalue weighted by Gasteiger charge is 2.25. The van der Waals surface area contributed by atoms with Crippen molar-refractivity contribution in [1.29, 1.82) is 0 Å². The number of amides is 1. The van der Waals surface area contributed by atoms with Crippen molar-refractivity contribution in [2.24, 2.45) is 5.73 Å².